The van der Waals surface area contributed by atoms with Crippen molar-refractivity contribution in [1.82, 2.24) is 0 Å². The third-order valence-electron chi connectivity index (χ3n) is 2.49. The average Bonchev–Trinajstić information content (AvgIpc) is 2.20. The first-order chi connectivity index (χ1) is 7.65. The number of hydrogen-bond acceptors (Lipinski definition) is 1. The molecule has 0 aliphatic heterocycles. The maximum atomic E-state index is 6.09. The molecule has 0 bridgehead atoms. The Morgan fingerprint density at radius 3 is 2.00 bits per heavy atom. The molecule has 4 heteroatoms. The topological polar surface area (TPSA) is 26.0 Å². The molecule has 0 spiro atoms. The molecule has 0 amide bonds. The van der Waals surface area contributed by atoms with Crippen LogP contribution in [0.15, 0.2) is 12.1 Å². The summed E-state index contributed by atoms with van der Waals surface area (Å²) in [4.78, 5) is 0. The Morgan fingerprint density at radius 1 is 0.875 bits per heavy atom. The average molecular weight is 281 g/mol. The predicted octanol–water partition coefficient (Wildman–Crippen LogP) is 4.71. The molecule has 0 radical (unpaired) electrons. The number of hydrogen-bond donors (Lipinski definition) is 1. The predicted molar refractivity (Wildman–Crippen MR) is 72.7 cm³/mol. The van der Waals surface area contributed by atoms with Crippen molar-refractivity contribution < 1.29 is 0 Å². The minimum atomic E-state index is 0.585. The molecule has 90 valence electrons. The van der Waals surface area contributed by atoms with Gasteiger partial charge in [0.05, 0.1) is 0 Å². The van der Waals surface area contributed by atoms with Crippen LogP contribution in [0.25, 0.3) is 0 Å². The molecule has 1 aromatic carbocycles. The van der Waals surface area contributed by atoms with Crippen molar-refractivity contribution in [3.63, 3.8) is 0 Å². The Morgan fingerprint density at radius 2 is 1.44 bits per heavy atom. The van der Waals surface area contributed by atoms with Crippen LogP contribution < -0.4 is 5.73 Å². The lowest BCUT2D eigenvalue weighted by atomic mass is 10.1. The van der Waals surface area contributed by atoms with Crippen molar-refractivity contribution in [3.8, 4) is 0 Å². The SMILES string of the molecule is NCCCCCCc1c(Cl)cc(Cl)cc1Cl. The van der Waals surface area contributed by atoms with Crippen molar-refractivity contribution in [2.45, 2.75) is 32.1 Å². The molecule has 2 N–H and O–H groups in total. The first-order valence-corrected chi connectivity index (χ1v) is 6.62. The van der Waals surface area contributed by atoms with E-state index in [4.69, 9.17) is 40.5 Å². The lowest BCUT2D eigenvalue weighted by molar-refractivity contribution is 0.647. The third-order valence-corrected chi connectivity index (χ3v) is 3.38. The molecule has 0 atom stereocenters. The lowest BCUT2D eigenvalue weighted by Gasteiger charge is -2.07. The zero-order valence-electron chi connectivity index (χ0n) is 9.11. The van der Waals surface area contributed by atoms with Crippen LogP contribution in [0.1, 0.15) is 31.2 Å². The van der Waals surface area contributed by atoms with E-state index in [2.05, 4.69) is 0 Å². The molecule has 1 rings (SSSR count). The maximum absolute atomic E-state index is 6.09. The molecule has 1 aromatic rings. The Hall–Kier alpha value is 0.0500. The summed E-state index contributed by atoms with van der Waals surface area (Å²) in [5.41, 5.74) is 6.43. The minimum Gasteiger partial charge on any atom is -0.330 e. The van der Waals surface area contributed by atoms with E-state index in [0.29, 0.717) is 15.1 Å². The largest absolute Gasteiger partial charge is 0.330 e. The monoisotopic (exact) mass is 279 g/mol. The number of halogens is 3. The maximum Gasteiger partial charge on any atom is 0.0467 e. The van der Waals surface area contributed by atoms with Crippen LogP contribution in [0, 0.1) is 0 Å². The number of unbranched alkanes of at least 4 members (excludes halogenated alkanes) is 3. The highest BCUT2D eigenvalue weighted by Crippen LogP contribution is 2.30. The molecular weight excluding hydrogens is 264 g/mol. The van der Waals surface area contributed by atoms with Crippen molar-refractivity contribution in [1.29, 1.82) is 0 Å². The van der Waals surface area contributed by atoms with Crippen molar-refractivity contribution >= 4 is 34.8 Å². The van der Waals surface area contributed by atoms with Gasteiger partial charge in [-0.05, 0) is 43.5 Å². The second-order valence-electron chi connectivity index (χ2n) is 3.80. The minimum absolute atomic E-state index is 0.585. The van der Waals surface area contributed by atoms with Crippen molar-refractivity contribution in [2.75, 3.05) is 6.54 Å². The molecule has 0 unspecified atom stereocenters. The van der Waals surface area contributed by atoms with Gasteiger partial charge in [-0.2, -0.15) is 0 Å². The first-order valence-electron chi connectivity index (χ1n) is 5.48. The molecule has 0 saturated carbocycles. The summed E-state index contributed by atoms with van der Waals surface area (Å²) in [5, 5.41) is 1.91. The third kappa shape index (κ3) is 4.50. The summed E-state index contributed by atoms with van der Waals surface area (Å²) in [6.45, 7) is 0.766. The van der Waals surface area contributed by atoms with E-state index < -0.39 is 0 Å². The highest BCUT2D eigenvalue weighted by molar-refractivity contribution is 6.39. The van der Waals surface area contributed by atoms with E-state index in [1.54, 1.807) is 12.1 Å². The highest BCUT2D eigenvalue weighted by Gasteiger charge is 2.07. The van der Waals surface area contributed by atoms with Gasteiger partial charge in [-0.15, -0.1) is 0 Å². The standard InChI is InChI=1S/C12H16Cl3N/c13-9-7-11(14)10(12(15)8-9)5-3-1-2-4-6-16/h7-8H,1-6,16H2. The molecule has 1 nitrogen and oxygen atoms in total. The van der Waals surface area contributed by atoms with E-state index in [9.17, 15) is 0 Å². The fraction of sp³-hybridized carbons (Fsp3) is 0.500. The number of nitrogens with two attached hydrogens (primary N) is 1. The van der Waals surface area contributed by atoms with Crippen LogP contribution in [0.2, 0.25) is 15.1 Å². The van der Waals surface area contributed by atoms with E-state index in [1.807, 2.05) is 0 Å². The zero-order chi connectivity index (χ0) is 12.0. The molecule has 0 heterocycles. The van der Waals surface area contributed by atoms with Gasteiger partial charge in [0.25, 0.3) is 0 Å². The fourth-order valence-corrected chi connectivity index (χ4v) is 2.62. The van der Waals surface area contributed by atoms with Crippen LogP contribution in [0.5, 0.6) is 0 Å². The van der Waals surface area contributed by atoms with Gasteiger partial charge in [0.1, 0.15) is 0 Å². The Balaban J connectivity index is 2.47. The van der Waals surface area contributed by atoms with Crippen LogP contribution >= 0.6 is 34.8 Å². The second kappa shape index (κ2) is 7.39. The second-order valence-corrected chi connectivity index (χ2v) is 5.05. The van der Waals surface area contributed by atoms with Gasteiger partial charge in [-0.25, -0.2) is 0 Å². The van der Waals surface area contributed by atoms with Gasteiger partial charge < -0.3 is 5.73 Å². The number of rotatable bonds is 6. The fourth-order valence-electron chi connectivity index (χ4n) is 1.61. The van der Waals surface area contributed by atoms with E-state index in [-0.39, 0.29) is 0 Å². The summed E-state index contributed by atoms with van der Waals surface area (Å²) in [6, 6.07) is 3.48. The van der Waals surface area contributed by atoms with Crippen molar-refractivity contribution in [3.05, 3.63) is 32.8 Å². The lowest BCUT2D eigenvalue weighted by Crippen LogP contribution is -1.98. The number of benzene rings is 1. The first kappa shape index (κ1) is 14.1. The summed E-state index contributed by atoms with van der Waals surface area (Å²) >= 11 is 18.0. The van der Waals surface area contributed by atoms with Crippen LogP contribution in [0.4, 0.5) is 0 Å². The summed E-state index contributed by atoms with van der Waals surface area (Å²) in [7, 11) is 0. The highest BCUT2D eigenvalue weighted by atomic mass is 35.5. The van der Waals surface area contributed by atoms with Gasteiger partial charge in [0.2, 0.25) is 0 Å². The van der Waals surface area contributed by atoms with Crippen molar-refractivity contribution in [2.24, 2.45) is 5.73 Å². The van der Waals surface area contributed by atoms with E-state index >= 15 is 0 Å². The summed E-state index contributed by atoms with van der Waals surface area (Å²) < 4.78 is 0. The van der Waals surface area contributed by atoms with Gasteiger partial charge in [-0.1, -0.05) is 47.6 Å². The molecule has 0 saturated heterocycles. The van der Waals surface area contributed by atoms with Crippen LogP contribution in [-0.2, 0) is 6.42 Å². The normalized spacial score (nSPS) is 10.8. The zero-order valence-corrected chi connectivity index (χ0v) is 11.4. The molecule has 0 aromatic heterocycles. The quantitative estimate of drug-likeness (QED) is 0.750. The molecule has 0 aliphatic rings. The Bertz CT molecular complexity index is 316. The van der Waals surface area contributed by atoms with Gasteiger partial charge in [-0.3, -0.25) is 0 Å². The Kier molecular flexibility index (Phi) is 6.52. The molecule has 16 heavy (non-hydrogen) atoms. The van der Waals surface area contributed by atoms with Gasteiger partial charge in [0, 0.05) is 15.1 Å². The molecule has 0 aliphatic carbocycles. The van der Waals surface area contributed by atoms with Gasteiger partial charge in [0.15, 0.2) is 0 Å². The summed E-state index contributed by atoms with van der Waals surface area (Å²) in [5.74, 6) is 0. The van der Waals surface area contributed by atoms with Crippen LogP contribution in [-0.4, -0.2) is 6.54 Å². The molecule has 0 fully saturated rings. The summed E-state index contributed by atoms with van der Waals surface area (Å²) in [6.07, 6.45) is 5.40. The van der Waals surface area contributed by atoms with Crippen LogP contribution in [0.3, 0.4) is 0 Å². The van der Waals surface area contributed by atoms with E-state index in [0.717, 1.165) is 37.8 Å². The molecular formula is C12H16Cl3N. The smallest absolute Gasteiger partial charge is 0.0467 e. The van der Waals surface area contributed by atoms with E-state index in [1.165, 1.54) is 6.42 Å². The van der Waals surface area contributed by atoms with Gasteiger partial charge >= 0.3 is 0 Å². The Labute approximate surface area is 112 Å².